The predicted octanol–water partition coefficient (Wildman–Crippen LogP) is 2.57. The standard InChI is InChI=1S/C18H13BrN8O6/c19-13-7-2-1-6-12(13)18(29)25-23-16-14(27(32)33)15(20-9-21-16)22-24-17(28)10-4-3-5-11(8-10)26(30)31/h1-9H,(H,24,28)(H,25,29)(H2,20,21,22,23). The van der Waals surface area contributed by atoms with Gasteiger partial charge in [0.25, 0.3) is 17.5 Å². The Bertz CT molecular complexity index is 1250. The molecule has 15 heteroatoms. The highest BCUT2D eigenvalue weighted by Crippen LogP contribution is 2.28. The van der Waals surface area contributed by atoms with Gasteiger partial charge < -0.3 is 0 Å². The summed E-state index contributed by atoms with van der Waals surface area (Å²) in [5.74, 6) is -2.15. The zero-order valence-electron chi connectivity index (χ0n) is 16.3. The second-order valence-electron chi connectivity index (χ2n) is 6.12. The van der Waals surface area contributed by atoms with Crippen LogP contribution in [-0.2, 0) is 0 Å². The summed E-state index contributed by atoms with van der Waals surface area (Å²) in [6, 6.07) is 11.4. The molecule has 0 bridgehead atoms. The van der Waals surface area contributed by atoms with Gasteiger partial charge in [-0.3, -0.25) is 51.5 Å². The fourth-order valence-electron chi connectivity index (χ4n) is 2.51. The average molecular weight is 517 g/mol. The summed E-state index contributed by atoms with van der Waals surface area (Å²) >= 11 is 3.23. The van der Waals surface area contributed by atoms with E-state index in [1.807, 2.05) is 0 Å². The molecular weight excluding hydrogens is 504 g/mol. The molecule has 0 aliphatic carbocycles. The quantitative estimate of drug-likeness (QED) is 0.255. The number of nitrogens with one attached hydrogen (secondary N) is 4. The molecule has 14 nitrogen and oxygen atoms in total. The van der Waals surface area contributed by atoms with Crippen LogP contribution in [0.5, 0.6) is 0 Å². The number of hydrogen-bond donors (Lipinski definition) is 4. The molecule has 0 fully saturated rings. The van der Waals surface area contributed by atoms with Crippen LogP contribution < -0.4 is 21.7 Å². The Morgan fingerprint density at radius 1 is 0.848 bits per heavy atom. The highest BCUT2D eigenvalue weighted by Gasteiger charge is 2.24. The first-order valence-corrected chi connectivity index (χ1v) is 9.68. The predicted molar refractivity (Wildman–Crippen MR) is 118 cm³/mol. The van der Waals surface area contributed by atoms with E-state index in [-0.39, 0.29) is 22.6 Å². The molecule has 1 aromatic heterocycles. The lowest BCUT2D eigenvalue weighted by Gasteiger charge is -2.12. The van der Waals surface area contributed by atoms with Gasteiger partial charge in [-0.25, -0.2) is 9.97 Å². The minimum atomic E-state index is -0.825. The molecule has 0 aliphatic heterocycles. The van der Waals surface area contributed by atoms with Gasteiger partial charge in [-0.1, -0.05) is 18.2 Å². The molecule has 0 atom stereocenters. The normalized spacial score (nSPS) is 10.1. The van der Waals surface area contributed by atoms with E-state index in [1.54, 1.807) is 18.2 Å². The SMILES string of the molecule is O=C(NNc1ncnc(NNC(=O)c2ccccc2Br)c1[N+](=O)[O-])c1cccc([N+](=O)[O-])c1. The Morgan fingerprint density at radius 2 is 1.48 bits per heavy atom. The first-order valence-electron chi connectivity index (χ1n) is 8.89. The van der Waals surface area contributed by atoms with E-state index in [2.05, 4.69) is 47.6 Å². The van der Waals surface area contributed by atoms with Crippen LogP contribution in [0.1, 0.15) is 20.7 Å². The molecule has 3 aromatic rings. The lowest BCUT2D eigenvalue weighted by Crippen LogP contribution is -2.32. The minimum Gasteiger partial charge on any atom is -0.276 e. The smallest absolute Gasteiger partial charge is 0.276 e. The summed E-state index contributed by atoms with van der Waals surface area (Å²) in [6.45, 7) is 0. The molecular formula is C18H13BrN8O6. The largest absolute Gasteiger partial charge is 0.356 e. The molecule has 0 aliphatic rings. The number of carbonyl (C=O) groups excluding carboxylic acids is 2. The number of carbonyl (C=O) groups is 2. The summed E-state index contributed by atoms with van der Waals surface area (Å²) in [4.78, 5) is 53.0. The number of hydrogen-bond acceptors (Lipinski definition) is 10. The number of anilines is 2. The van der Waals surface area contributed by atoms with E-state index in [0.29, 0.717) is 4.47 Å². The number of aromatic nitrogens is 2. The van der Waals surface area contributed by atoms with Crippen molar-refractivity contribution in [2.45, 2.75) is 0 Å². The monoisotopic (exact) mass is 516 g/mol. The lowest BCUT2D eigenvalue weighted by molar-refractivity contribution is -0.384. The highest BCUT2D eigenvalue weighted by atomic mass is 79.9. The molecule has 0 spiro atoms. The summed E-state index contributed by atoms with van der Waals surface area (Å²) in [5.41, 5.74) is 8.34. The molecule has 0 unspecified atom stereocenters. The zero-order chi connectivity index (χ0) is 24.0. The molecule has 4 N–H and O–H groups in total. The summed E-state index contributed by atoms with van der Waals surface area (Å²) < 4.78 is 0.507. The number of benzene rings is 2. The van der Waals surface area contributed by atoms with Gasteiger partial charge >= 0.3 is 5.69 Å². The lowest BCUT2D eigenvalue weighted by atomic mass is 10.2. The number of rotatable bonds is 8. The Balaban J connectivity index is 1.75. The van der Waals surface area contributed by atoms with Gasteiger partial charge in [0.15, 0.2) is 0 Å². The number of halogens is 1. The van der Waals surface area contributed by atoms with Crippen LogP contribution in [0.2, 0.25) is 0 Å². The number of nitro groups is 2. The number of hydrazine groups is 2. The van der Waals surface area contributed by atoms with Gasteiger partial charge in [0.1, 0.15) is 6.33 Å². The van der Waals surface area contributed by atoms with Crippen LogP contribution in [0.4, 0.5) is 23.0 Å². The molecule has 2 amide bonds. The molecule has 2 aromatic carbocycles. The second-order valence-corrected chi connectivity index (χ2v) is 6.98. The summed E-state index contributed by atoms with van der Waals surface area (Å²) in [7, 11) is 0. The van der Waals surface area contributed by atoms with Crippen LogP contribution in [0.15, 0.2) is 59.3 Å². The van der Waals surface area contributed by atoms with Gasteiger partial charge in [0.2, 0.25) is 11.6 Å². The third-order valence-corrected chi connectivity index (χ3v) is 4.72. The van der Waals surface area contributed by atoms with Crippen molar-refractivity contribution in [2.24, 2.45) is 0 Å². The van der Waals surface area contributed by atoms with Gasteiger partial charge in [0, 0.05) is 22.2 Å². The number of amides is 2. The van der Waals surface area contributed by atoms with Crippen molar-refractivity contribution in [1.82, 2.24) is 20.8 Å². The van der Waals surface area contributed by atoms with E-state index >= 15 is 0 Å². The summed E-state index contributed by atoms with van der Waals surface area (Å²) in [6.07, 6.45) is 0.960. The van der Waals surface area contributed by atoms with E-state index in [4.69, 9.17) is 0 Å². The van der Waals surface area contributed by atoms with Gasteiger partial charge in [-0.05, 0) is 34.1 Å². The molecule has 1 heterocycles. The topological polar surface area (TPSA) is 194 Å². The summed E-state index contributed by atoms with van der Waals surface area (Å²) in [5, 5.41) is 22.4. The van der Waals surface area contributed by atoms with E-state index < -0.39 is 33.2 Å². The Kier molecular flexibility index (Phi) is 7.04. The van der Waals surface area contributed by atoms with Crippen LogP contribution >= 0.6 is 15.9 Å². The number of nitro benzene ring substituents is 1. The molecule has 0 radical (unpaired) electrons. The highest BCUT2D eigenvalue weighted by molar-refractivity contribution is 9.10. The molecule has 0 saturated heterocycles. The van der Waals surface area contributed by atoms with E-state index in [0.717, 1.165) is 12.4 Å². The van der Waals surface area contributed by atoms with Gasteiger partial charge in [-0.2, -0.15) is 0 Å². The van der Waals surface area contributed by atoms with Crippen molar-refractivity contribution in [2.75, 3.05) is 10.9 Å². The third kappa shape index (κ3) is 5.53. The van der Waals surface area contributed by atoms with Crippen LogP contribution in [0.3, 0.4) is 0 Å². The van der Waals surface area contributed by atoms with E-state index in [1.165, 1.54) is 24.3 Å². The number of nitrogens with zero attached hydrogens (tertiary/aromatic N) is 4. The van der Waals surface area contributed by atoms with Crippen LogP contribution in [0.25, 0.3) is 0 Å². The maximum absolute atomic E-state index is 12.3. The Morgan fingerprint density at radius 3 is 2.09 bits per heavy atom. The third-order valence-electron chi connectivity index (χ3n) is 4.03. The maximum atomic E-state index is 12.3. The van der Waals surface area contributed by atoms with Crippen LogP contribution in [0, 0.1) is 20.2 Å². The van der Waals surface area contributed by atoms with Gasteiger partial charge in [-0.15, -0.1) is 0 Å². The second kappa shape index (κ2) is 10.1. The average Bonchev–Trinajstić information content (AvgIpc) is 2.81. The minimum absolute atomic E-state index is 0.0625. The van der Waals surface area contributed by atoms with Crippen molar-refractivity contribution in [3.05, 3.63) is 90.7 Å². The Labute approximate surface area is 192 Å². The van der Waals surface area contributed by atoms with Crippen molar-refractivity contribution in [3.8, 4) is 0 Å². The van der Waals surface area contributed by atoms with Crippen molar-refractivity contribution >= 4 is 50.8 Å². The fraction of sp³-hybridized carbons (Fsp3) is 0. The van der Waals surface area contributed by atoms with Crippen molar-refractivity contribution in [1.29, 1.82) is 0 Å². The van der Waals surface area contributed by atoms with Crippen LogP contribution in [-0.4, -0.2) is 31.6 Å². The molecule has 3 rings (SSSR count). The van der Waals surface area contributed by atoms with Crippen molar-refractivity contribution < 1.29 is 19.4 Å². The molecule has 33 heavy (non-hydrogen) atoms. The molecule has 168 valence electrons. The first kappa shape index (κ1) is 23.0. The van der Waals surface area contributed by atoms with Crippen molar-refractivity contribution in [3.63, 3.8) is 0 Å². The number of non-ortho nitro benzene ring substituents is 1. The molecule has 0 saturated carbocycles. The first-order chi connectivity index (χ1) is 15.8. The Hall–Kier alpha value is -4.66. The fourth-order valence-corrected chi connectivity index (χ4v) is 2.98. The zero-order valence-corrected chi connectivity index (χ0v) is 17.9. The van der Waals surface area contributed by atoms with E-state index in [9.17, 15) is 29.8 Å². The van der Waals surface area contributed by atoms with Gasteiger partial charge in [0.05, 0.1) is 15.4 Å². The maximum Gasteiger partial charge on any atom is 0.356 e.